The van der Waals surface area contributed by atoms with Crippen LogP contribution in [0.1, 0.15) is 50.5 Å². The van der Waals surface area contributed by atoms with E-state index in [4.69, 9.17) is 0 Å². The Labute approximate surface area is 206 Å². The van der Waals surface area contributed by atoms with Crippen molar-refractivity contribution in [3.8, 4) is 0 Å². The summed E-state index contributed by atoms with van der Waals surface area (Å²) in [6.45, 7) is 2.41. The highest BCUT2D eigenvalue weighted by molar-refractivity contribution is 7.98. The van der Waals surface area contributed by atoms with Crippen LogP contribution in [-0.4, -0.2) is 87.8 Å². The molecule has 2 saturated heterocycles. The molecule has 0 spiro atoms. The summed E-state index contributed by atoms with van der Waals surface area (Å²) < 4.78 is 0. The molecule has 1 N–H and O–H groups in total. The van der Waals surface area contributed by atoms with Crippen LogP contribution in [0.25, 0.3) is 0 Å². The van der Waals surface area contributed by atoms with Crippen LogP contribution in [0.15, 0.2) is 24.5 Å². The number of piperazine rings is 1. The van der Waals surface area contributed by atoms with E-state index in [2.05, 4.69) is 15.2 Å². The van der Waals surface area contributed by atoms with Crippen LogP contribution in [-0.2, 0) is 20.9 Å². The van der Waals surface area contributed by atoms with Crippen molar-refractivity contribution in [3.05, 3.63) is 30.1 Å². The van der Waals surface area contributed by atoms with Crippen LogP contribution < -0.4 is 5.32 Å². The van der Waals surface area contributed by atoms with Gasteiger partial charge in [0.2, 0.25) is 17.7 Å². The number of hydrogen-bond donors (Lipinski definition) is 1. The second-order valence-corrected chi connectivity index (χ2v) is 10.7. The van der Waals surface area contributed by atoms with E-state index in [0.29, 0.717) is 44.9 Å². The largest absolute Gasteiger partial charge is 0.354 e. The van der Waals surface area contributed by atoms with E-state index in [1.807, 2.05) is 24.6 Å². The fraction of sp³-hybridized carbons (Fsp3) is 0.680. The van der Waals surface area contributed by atoms with E-state index in [1.54, 1.807) is 27.8 Å². The van der Waals surface area contributed by atoms with Gasteiger partial charge < -0.3 is 15.1 Å². The normalized spacial score (nSPS) is 24.3. The topological polar surface area (TPSA) is 85.9 Å². The third-order valence-electron chi connectivity index (χ3n) is 7.31. The fourth-order valence-corrected chi connectivity index (χ4v) is 5.94. The summed E-state index contributed by atoms with van der Waals surface area (Å²) >= 11 is 1.67. The van der Waals surface area contributed by atoms with Crippen molar-refractivity contribution >= 4 is 29.5 Å². The van der Waals surface area contributed by atoms with E-state index in [1.165, 1.54) is 32.1 Å². The van der Waals surface area contributed by atoms with Gasteiger partial charge in [-0.2, -0.15) is 11.8 Å². The summed E-state index contributed by atoms with van der Waals surface area (Å²) in [6.07, 6.45) is 12.5. The summed E-state index contributed by atoms with van der Waals surface area (Å²) in [5.74, 6) is 1.17. The van der Waals surface area contributed by atoms with Gasteiger partial charge in [-0.15, -0.1) is 0 Å². The van der Waals surface area contributed by atoms with Crippen molar-refractivity contribution < 1.29 is 14.4 Å². The van der Waals surface area contributed by atoms with Crippen molar-refractivity contribution in [1.29, 1.82) is 0 Å². The highest BCUT2D eigenvalue weighted by Crippen LogP contribution is 2.29. The third kappa shape index (κ3) is 6.10. The minimum absolute atomic E-state index is 0.0355. The Morgan fingerprint density at radius 3 is 2.79 bits per heavy atom. The molecule has 34 heavy (non-hydrogen) atoms. The van der Waals surface area contributed by atoms with Gasteiger partial charge in [-0.3, -0.25) is 24.3 Å². The molecule has 0 bridgehead atoms. The van der Waals surface area contributed by atoms with Crippen LogP contribution in [0.2, 0.25) is 0 Å². The molecule has 3 aliphatic rings. The predicted molar refractivity (Wildman–Crippen MR) is 133 cm³/mol. The van der Waals surface area contributed by atoms with Crippen LogP contribution in [0.5, 0.6) is 0 Å². The third-order valence-corrected chi connectivity index (χ3v) is 7.95. The number of carbonyl (C=O) groups excluding carboxylic acids is 3. The van der Waals surface area contributed by atoms with E-state index >= 15 is 0 Å². The first-order chi connectivity index (χ1) is 16.6. The number of carbonyl (C=O) groups is 3. The SMILES string of the molecule is CSCC[C@H]1C(=O)N(CC(=O)NCC2CCCCC2)C[C@@H]2N(Cc3cccnc3)CCC(=O)N21. The van der Waals surface area contributed by atoms with Crippen molar-refractivity contribution in [2.75, 3.05) is 38.2 Å². The number of thioether (sulfide) groups is 1. The lowest BCUT2D eigenvalue weighted by atomic mass is 9.89. The molecule has 1 aromatic heterocycles. The summed E-state index contributed by atoms with van der Waals surface area (Å²) in [5.41, 5.74) is 1.08. The predicted octanol–water partition coefficient (Wildman–Crippen LogP) is 2.10. The lowest BCUT2D eigenvalue weighted by molar-refractivity contribution is -0.171. The Hall–Kier alpha value is -2.13. The second kappa shape index (κ2) is 12.0. The maximum Gasteiger partial charge on any atom is 0.246 e. The Balaban J connectivity index is 1.46. The molecule has 3 heterocycles. The first-order valence-corrected chi connectivity index (χ1v) is 13.9. The number of rotatable bonds is 9. The van der Waals surface area contributed by atoms with Gasteiger partial charge in [0.15, 0.2) is 0 Å². The molecule has 2 aliphatic heterocycles. The molecule has 186 valence electrons. The molecule has 2 atom stereocenters. The van der Waals surface area contributed by atoms with E-state index < -0.39 is 6.04 Å². The lowest BCUT2D eigenvalue weighted by Crippen LogP contribution is -2.71. The maximum atomic E-state index is 13.5. The number of hydrogen-bond acceptors (Lipinski definition) is 6. The standard InChI is InChI=1S/C25H37N5O3S/c1-34-13-10-21-25(33)29(17-22(31)27-15-19-6-3-2-4-7-19)18-23-28(12-9-24(32)30(21)23)16-20-8-5-11-26-14-20/h5,8,11,14,19,21,23H,2-4,6-7,9-10,12-13,15-18H2,1H3,(H,27,31)/t21-,23+/m0/s1. The first kappa shape index (κ1) is 25.0. The van der Waals surface area contributed by atoms with E-state index in [-0.39, 0.29) is 30.4 Å². The van der Waals surface area contributed by atoms with Gasteiger partial charge in [0.05, 0.1) is 13.1 Å². The van der Waals surface area contributed by atoms with Crippen LogP contribution in [0.4, 0.5) is 0 Å². The molecule has 8 nitrogen and oxygen atoms in total. The van der Waals surface area contributed by atoms with Gasteiger partial charge in [0, 0.05) is 38.4 Å². The highest BCUT2D eigenvalue weighted by Gasteiger charge is 2.47. The van der Waals surface area contributed by atoms with Crippen molar-refractivity contribution in [1.82, 2.24) is 25.0 Å². The second-order valence-electron chi connectivity index (χ2n) is 9.69. The van der Waals surface area contributed by atoms with E-state index in [9.17, 15) is 14.4 Å². The Bertz CT molecular complexity index is 848. The number of aromatic nitrogens is 1. The van der Waals surface area contributed by atoms with Crippen molar-refractivity contribution in [3.63, 3.8) is 0 Å². The van der Waals surface area contributed by atoms with Crippen LogP contribution in [0.3, 0.4) is 0 Å². The molecule has 3 fully saturated rings. The number of nitrogens with one attached hydrogen (secondary N) is 1. The zero-order valence-corrected chi connectivity index (χ0v) is 21.0. The summed E-state index contributed by atoms with van der Waals surface area (Å²) in [7, 11) is 0. The van der Waals surface area contributed by atoms with Crippen LogP contribution >= 0.6 is 11.8 Å². The minimum atomic E-state index is -0.512. The summed E-state index contributed by atoms with van der Waals surface area (Å²) in [5, 5.41) is 3.07. The van der Waals surface area contributed by atoms with E-state index in [0.717, 1.165) is 11.3 Å². The van der Waals surface area contributed by atoms with Gasteiger partial charge in [0.1, 0.15) is 12.2 Å². The molecule has 1 aliphatic carbocycles. The monoisotopic (exact) mass is 487 g/mol. The molecule has 0 radical (unpaired) electrons. The average Bonchev–Trinajstić information content (AvgIpc) is 2.86. The molecule has 0 unspecified atom stereocenters. The highest BCUT2D eigenvalue weighted by atomic mass is 32.2. The average molecular weight is 488 g/mol. The van der Waals surface area contributed by atoms with Crippen molar-refractivity contribution in [2.24, 2.45) is 5.92 Å². The molecule has 1 aromatic rings. The molecule has 3 amide bonds. The summed E-state index contributed by atoms with van der Waals surface area (Å²) in [6, 6.07) is 3.43. The molecule has 1 saturated carbocycles. The fourth-order valence-electron chi connectivity index (χ4n) is 5.49. The maximum absolute atomic E-state index is 13.5. The summed E-state index contributed by atoms with van der Waals surface area (Å²) in [4.78, 5) is 49.2. The van der Waals surface area contributed by atoms with Gasteiger partial charge in [-0.05, 0) is 48.8 Å². The molecule has 0 aromatic carbocycles. The molecule has 4 rings (SSSR count). The zero-order valence-electron chi connectivity index (χ0n) is 20.2. The molecular formula is C25H37N5O3S. The quantitative estimate of drug-likeness (QED) is 0.574. The Morgan fingerprint density at radius 1 is 1.24 bits per heavy atom. The number of pyridine rings is 1. The van der Waals surface area contributed by atoms with Gasteiger partial charge in [0.25, 0.3) is 0 Å². The minimum Gasteiger partial charge on any atom is -0.354 e. The lowest BCUT2D eigenvalue weighted by Gasteiger charge is -2.52. The van der Waals surface area contributed by atoms with Crippen LogP contribution in [0, 0.1) is 5.92 Å². The van der Waals surface area contributed by atoms with Gasteiger partial charge in [-0.25, -0.2) is 0 Å². The number of fused-ring (bicyclic) bond motifs is 1. The van der Waals surface area contributed by atoms with Crippen molar-refractivity contribution in [2.45, 2.75) is 63.7 Å². The van der Waals surface area contributed by atoms with Gasteiger partial charge in [-0.1, -0.05) is 25.3 Å². The Kier molecular flexibility index (Phi) is 8.83. The zero-order chi connectivity index (χ0) is 23.9. The molecular weight excluding hydrogens is 450 g/mol. The number of nitrogens with zero attached hydrogens (tertiary/aromatic N) is 4. The smallest absolute Gasteiger partial charge is 0.246 e. The Morgan fingerprint density at radius 2 is 2.06 bits per heavy atom. The first-order valence-electron chi connectivity index (χ1n) is 12.6. The molecule has 9 heteroatoms. The van der Waals surface area contributed by atoms with Gasteiger partial charge >= 0.3 is 0 Å². The number of amides is 3.